The van der Waals surface area contributed by atoms with Crippen LogP contribution >= 0.6 is 22.9 Å². The predicted octanol–water partition coefficient (Wildman–Crippen LogP) is 3.76. The van der Waals surface area contributed by atoms with Crippen LogP contribution in [0.15, 0.2) is 24.4 Å². The third-order valence-corrected chi connectivity index (χ3v) is 4.62. The fourth-order valence-corrected chi connectivity index (χ4v) is 2.98. The van der Waals surface area contributed by atoms with E-state index in [1.54, 1.807) is 17.4 Å². The van der Waals surface area contributed by atoms with Crippen LogP contribution in [0.2, 0.25) is 5.02 Å². The molecule has 0 radical (unpaired) electrons. The first-order chi connectivity index (χ1) is 8.79. The van der Waals surface area contributed by atoms with Crippen molar-refractivity contribution in [3.8, 4) is 0 Å². The molecule has 0 aliphatic heterocycles. The Morgan fingerprint density at radius 1 is 1.37 bits per heavy atom. The van der Waals surface area contributed by atoms with Crippen molar-refractivity contribution in [1.29, 1.82) is 0 Å². The van der Waals surface area contributed by atoms with Gasteiger partial charge in [-0.1, -0.05) is 32.4 Å². The summed E-state index contributed by atoms with van der Waals surface area (Å²) in [5.74, 6) is 0.308. The fraction of sp³-hybridized carbons (Fsp3) is 0.357. The van der Waals surface area contributed by atoms with Crippen molar-refractivity contribution in [1.82, 2.24) is 4.98 Å². The molecule has 102 valence electrons. The number of nitrogens with two attached hydrogens (primary N) is 1. The lowest BCUT2D eigenvalue weighted by Gasteiger charge is -2.16. The Morgan fingerprint density at radius 3 is 2.63 bits per heavy atom. The van der Waals surface area contributed by atoms with Gasteiger partial charge in [0.15, 0.2) is 0 Å². The van der Waals surface area contributed by atoms with E-state index >= 15 is 0 Å². The van der Waals surface area contributed by atoms with E-state index in [0.29, 0.717) is 16.4 Å². The second-order valence-electron chi connectivity index (χ2n) is 5.48. The molecule has 0 saturated carbocycles. The van der Waals surface area contributed by atoms with E-state index in [0.717, 1.165) is 4.88 Å². The molecule has 0 saturated heterocycles. The molecule has 2 heterocycles. The molecule has 2 aromatic rings. The number of hydrogen-bond acceptors (Lipinski definition) is 4. The molecule has 0 aliphatic carbocycles. The average Bonchev–Trinajstić information content (AvgIpc) is 2.80. The highest BCUT2D eigenvalue weighted by molar-refractivity contribution is 7.12. The minimum absolute atomic E-state index is 0.0702. The van der Waals surface area contributed by atoms with Crippen molar-refractivity contribution in [3.05, 3.63) is 44.7 Å². The van der Waals surface area contributed by atoms with Gasteiger partial charge in [-0.25, -0.2) is 4.98 Å². The average molecular weight is 297 g/mol. The lowest BCUT2D eigenvalue weighted by molar-refractivity contribution is 0.224. The molecule has 1 unspecified atom stereocenters. The van der Waals surface area contributed by atoms with Crippen LogP contribution in [0.3, 0.4) is 0 Å². The summed E-state index contributed by atoms with van der Waals surface area (Å²) in [4.78, 5) is 6.04. The zero-order chi connectivity index (χ0) is 14.2. The van der Waals surface area contributed by atoms with Crippen LogP contribution in [-0.2, 0) is 5.41 Å². The van der Waals surface area contributed by atoms with E-state index in [-0.39, 0.29) is 5.41 Å². The summed E-state index contributed by atoms with van der Waals surface area (Å²) in [5.41, 5.74) is 6.42. The minimum Gasteiger partial charge on any atom is -0.383 e. The largest absolute Gasteiger partial charge is 0.383 e. The first-order valence-electron chi connectivity index (χ1n) is 5.98. The molecule has 1 atom stereocenters. The van der Waals surface area contributed by atoms with E-state index in [4.69, 9.17) is 17.3 Å². The molecule has 3 nitrogen and oxygen atoms in total. The van der Waals surface area contributed by atoms with Crippen LogP contribution in [-0.4, -0.2) is 10.1 Å². The first kappa shape index (κ1) is 14.3. The Kier molecular flexibility index (Phi) is 3.85. The van der Waals surface area contributed by atoms with Gasteiger partial charge in [-0.3, -0.25) is 0 Å². The molecule has 2 rings (SSSR count). The number of nitrogen functional groups attached to an aromatic ring is 1. The van der Waals surface area contributed by atoms with Crippen LogP contribution in [0.1, 0.15) is 42.2 Å². The number of rotatable bonds is 2. The molecule has 0 aromatic carbocycles. The number of aromatic nitrogens is 1. The van der Waals surface area contributed by atoms with Crippen LogP contribution in [0.25, 0.3) is 0 Å². The second-order valence-corrected chi connectivity index (χ2v) is 7.03. The highest BCUT2D eigenvalue weighted by Crippen LogP contribution is 2.36. The molecule has 0 amide bonds. The molecular formula is C14H17ClN2OS. The quantitative estimate of drug-likeness (QED) is 0.887. The van der Waals surface area contributed by atoms with Crippen molar-refractivity contribution in [2.75, 3.05) is 5.73 Å². The zero-order valence-electron chi connectivity index (χ0n) is 11.1. The number of nitrogens with zero attached hydrogens (tertiary/aromatic N) is 1. The molecule has 0 aliphatic rings. The van der Waals surface area contributed by atoms with Crippen LogP contribution in [0, 0.1) is 0 Å². The monoisotopic (exact) mass is 296 g/mol. The standard InChI is InChI=1S/C14H17ClN2OS/c1-14(2,3)11-5-4-10(19-11)12(18)9-6-8(15)7-17-13(9)16/h4-7,12,18H,1-3H3,(H2,16,17). The summed E-state index contributed by atoms with van der Waals surface area (Å²) in [6.07, 6.45) is 0.689. The lowest BCUT2D eigenvalue weighted by atomic mass is 9.95. The second kappa shape index (κ2) is 5.12. The van der Waals surface area contributed by atoms with Crippen molar-refractivity contribution >= 4 is 28.8 Å². The van der Waals surface area contributed by atoms with E-state index in [1.165, 1.54) is 11.1 Å². The lowest BCUT2D eigenvalue weighted by Crippen LogP contribution is -2.08. The highest BCUT2D eigenvalue weighted by Gasteiger charge is 2.21. The van der Waals surface area contributed by atoms with Crippen LogP contribution < -0.4 is 5.73 Å². The maximum absolute atomic E-state index is 10.4. The molecule has 3 N–H and O–H groups in total. The number of anilines is 1. The Labute approximate surface area is 122 Å². The Balaban J connectivity index is 2.36. The summed E-state index contributed by atoms with van der Waals surface area (Å²) in [7, 11) is 0. The van der Waals surface area contributed by atoms with Gasteiger partial charge in [0, 0.05) is 21.5 Å². The Bertz CT molecular complexity index is 589. The number of hydrogen-bond donors (Lipinski definition) is 2. The molecule has 5 heteroatoms. The zero-order valence-corrected chi connectivity index (χ0v) is 12.7. The molecule has 0 bridgehead atoms. The third kappa shape index (κ3) is 3.08. The topological polar surface area (TPSA) is 59.1 Å². The molecule has 2 aromatic heterocycles. The van der Waals surface area contributed by atoms with Gasteiger partial charge < -0.3 is 10.8 Å². The number of thiophene rings is 1. The summed E-state index contributed by atoms with van der Waals surface area (Å²) in [6, 6.07) is 5.62. The van der Waals surface area contributed by atoms with Gasteiger partial charge in [-0.2, -0.15) is 0 Å². The smallest absolute Gasteiger partial charge is 0.129 e. The van der Waals surface area contributed by atoms with E-state index in [2.05, 4.69) is 25.8 Å². The fourth-order valence-electron chi connectivity index (χ4n) is 1.74. The van der Waals surface area contributed by atoms with E-state index in [9.17, 15) is 5.11 Å². The highest BCUT2D eigenvalue weighted by atomic mass is 35.5. The maximum atomic E-state index is 10.4. The Morgan fingerprint density at radius 2 is 2.05 bits per heavy atom. The van der Waals surface area contributed by atoms with E-state index in [1.807, 2.05) is 12.1 Å². The van der Waals surface area contributed by atoms with Gasteiger partial charge in [0.05, 0.1) is 5.02 Å². The summed E-state index contributed by atoms with van der Waals surface area (Å²) >= 11 is 7.48. The normalized spacial score (nSPS) is 13.5. The van der Waals surface area contributed by atoms with Crippen molar-refractivity contribution in [3.63, 3.8) is 0 Å². The van der Waals surface area contributed by atoms with E-state index < -0.39 is 6.10 Å². The first-order valence-corrected chi connectivity index (χ1v) is 7.17. The van der Waals surface area contributed by atoms with Gasteiger partial charge in [0.1, 0.15) is 11.9 Å². The van der Waals surface area contributed by atoms with Gasteiger partial charge in [0.2, 0.25) is 0 Å². The summed E-state index contributed by atoms with van der Waals surface area (Å²) < 4.78 is 0. The maximum Gasteiger partial charge on any atom is 0.129 e. The van der Waals surface area contributed by atoms with Crippen LogP contribution in [0.5, 0.6) is 0 Å². The summed E-state index contributed by atoms with van der Waals surface area (Å²) in [5, 5.41) is 10.9. The molecule has 19 heavy (non-hydrogen) atoms. The summed E-state index contributed by atoms with van der Waals surface area (Å²) in [6.45, 7) is 6.43. The van der Waals surface area contributed by atoms with Gasteiger partial charge in [-0.05, 0) is 23.6 Å². The number of pyridine rings is 1. The van der Waals surface area contributed by atoms with Gasteiger partial charge in [-0.15, -0.1) is 11.3 Å². The minimum atomic E-state index is -0.785. The third-order valence-electron chi connectivity index (χ3n) is 2.85. The molecule has 0 spiro atoms. The molecule has 0 fully saturated rings. The molecular weight excluding hydrogens is 280 g/mol. The predicted molar refractivity (Wildman–Crippen MR) is 80.7 cm³/mol. The van der Waals surface area contributed by atoms with Crippen molar-refractivity contribution in [2.45, 2.75) is 32.3 Å². The van der Waals surface area contributed by atoms with Gasteiger partial charge in [0.25, 0.3) is 0 Å². The van der Waals surface area contributed by atoms with Crippen molar-refractivity contribution < 1.29 is 5.11 Å². The number of halogens is 1. The van der Waals surface area contributed by atoms with Crippen molar-refractivity contribution in [2.24, 2.45) is 0 Å². The SMILES string of the molecule is CC(C)(C)c1ccc(C(O)c2cc(Cl)cnc2N)s1. The Hall–Kier alpha value is -1.10. The number of aliphatic hydroxyl groups is 1. The number of aliphatic hydroxyl groups excluding tert-OH is 1. The van der Waals surface area contributed by atoms with Crippen LogP contribution in [0.4, 0.5) is 5.82 Å². The van der Waals surface area contributed by atoms with Gasteiger partial charge >= 0.3 is 0 Å².